The summed E-state index contributed by atoms with van der Waals surface area (Å²) in [5.41, 5.74) is 2.01. The summed E-state index contributed by atoms with van der Waals surface area (Å²) < 4.78 is 4.71. The number of esters is 1. The second kappa shape index (κ2) is 6.37. The highest BCUT2D eigenvalue weighted by molar-refractivity contribution is 7.15. The van der Waals surface area contributed by atoms with Crippen molar-refractivity contribution < 1.29 is 9.53 Å². The van der Waals surface area contributed by atoms with E-state index in [-0.39, 0.29) is 0 Å². The zero-order chi connectivity index (χ0) is 15.4. The summed E-state index contributed by atoms with van der Waals surface area (Å²) in [4.78, 5) is 18.7. The number of anilines is 1. The van der Waals surface area contributed by atoms with Gasteiger partial charge in [0.05, 0.1) is 18.7 Å². The molecule has 2 rings (SSSR count). The molecule has 0 fully saturated rings. The minimum atomic E-state index is -0.421. The molecular weight excluding hydrogens is 286 g/mol. The number of methoxy groups -OCH3 is 1. The summed E-state index contributed by atoms with van der Waals surface area (Å²) in [5.74, 6) is -0.421. The highest BCUT2D eigenvalue weighted by Gasteiger charge is 2.17. The van der Waals surface area contributed by atoms with Crippen molar-refractivity contribution in [3.8, 4) is 6.07 Å². The molecule has 108 valence electrons. The van der Waals surface area contributed by atoms with Gasteiger partial charge in [0.1, 0.15) is 0 Å². The van der Waals surface area contributed by atoms with Crippen molar-refractivity contribution >= 4 is 22.4 Å². The van der Waals surface area contributed by atoms with E-state index in [1.807, 2.05) is 37.1 Å². The molecule has 0 bridgehead atoms. The lowest BCUT2D eigenvalue weighted by atomic mass is 10.1. The largest absolute Gasteiger partial charge is 0.464 e. The summed E-state index contributed by atoms with van der Waals surface area (Å²) in [6, 6.07) is 9.55. The second-order valence-electron chi connectivity index (χ2n) is 4.56. The van der Waals surface area contributed by atoms with Gasteiger partial charge in [0.2, 0.25) is 0 Å². The molecule has 0 aliphatic heterocycles. The number of rotatable bonds is 4. The van der Waals surface area contributed by atoms with Gasteiger partial charge >= 0.3 is 5.97 Å². The smallest absolute Gasteiger partial charge is 0.357 e. The van der Waals surface area contributed by atoms with Crippen LogP contribution in [-0.4, -0.2) is 25.1 Å². The standard InChI is InChI=1S/C15H15N3O2S/c1-10-13(14(19)20-3)17-15(21-10)18(2)9-12-6-4-5-11(7-12)8-16/h4-7H,9H2,1-3H3. The van der Waals surface area contributed by atoms with Crippen LogP contribution in [-0.2, 0) is 11.3 Å². The van der Waals surface area contributed by atoms with Crippen LogP contribution in [0.3, 0.4) is 0 Å². The van der Waals surface area contributed by atoms with Crippen molar-refractivity contribution in [1.82, 2.24) is 4.98 Å². The Labute approximate surface area is 127 Å². The van der Waals surface area contributed by atoms with Crippen LogP contribution in [0.2, 0.25) is 0 Å². The lowest BCUT2D eigenvalue weighted by molar-refractivity contribution is 0.0594. The highest BCUT2D eigenvalue weighted by atomic mass is 32.1. The summed E-state index contributed by atoms with van der Waals surface area (Å²) in [6.07, 6.45) is 0. The van der Waals surface area contributed by atoms with E-state index in [0.717, 1.165) is 15.6 Å². The van der Waals surface area contributed by atoms with Crippen molar-refractivity contribution in [2.24, 2.45) is 0 Å². The first-order chi connectivity index (χ1) is 10.0. The van der Waals surface area contributed by atoms with Gasteiger partial charge in [-0.15, -0.1) is 11.3 Å². The van der Waals surface area contributed by atoms with Crippen molar-refractivity contribution in [1.29, 1.82) is 5.26 Å². The first-order valence-corrected chi connectivity index (χ1v) is 7.12. The molecule has 0 saturated heterocycles. The van der Waals surface area contributed by atoms with E-state index in [0.29, 0.717) is 17.8 Å². The third-order valence-electron chi connectivity index (χ3n) is 2.97. The van der Waals surface area contributed by atoms with Gasteiger partial charge in [-0.1, -0.05) is 12.1 Å². The van der Waals surface area contributed by atoms with Gasteiger partial charge in [-0.25, -0.2) is 9.78 Å². The van der Waals surface area contributed by atoms with Crippen molar-refractivity contribution in [2.75, 3.05) is 19.1 Å². The lowest BCUT2D eigenvalue weighted by Gasteiger charge is -2.15. The van der Waals surface area contributed by atoms with Crippen LogP contribution < -0.4 is 4.90 Å². The van der Waals surface area contributed by atoms with E-state index in [1.54, 1.807) is 6.07 Å². The topological polar surface area (TPSA) is 66.2 Å². The number of nitriles is 1. The van der Waals surface area contributed by atoms with Crippen LogP contribution in [0.25, 0.3) is 0 Å². The monoisotopic (exact) mass is 301 g/mol. The molecule has 6 heteroatoms. The molecular formula is C15H15N3O2S. The fraction of sp³-hybridized carbons (Fsp3) is 0.267. The van der Waals surface area contributed by atoms with E-state index >= 15 is 0 Å². The predicted octanol–water partition coefficient (Wildman–Crippen LogP) is 2.75. The molecule has 1 aromatic heterocycles. The molecule has 21 heavy (non-hydrogen) atoms. The molecule has 0 radical (unpaired) electrons. The Bertz CT molecular complexity index is 703. The number of aryl methyl sites for hydroxylation is 1. The number of aromatic nitrogens is 1. The quantitative estimate of drug-likeness (QED) is 0.812. The number of ether oxygens (including phenoxy) is 1. The number of benzene rings is 1. The maximum Gasteiger partial charge on any atom is 0.357 e. The SMILES string of the molecule is COC(=O)c1nc(N(C)Cc2cccc(C#N)c2)sc1C. The number of hydrogen-bond acceptors (Lipinski definition) is 6. The molecule has 1 heterocycles. The molecule has 0 atom stereocenters. The van der Waals surface area contributed by atoms with E-state index in [4.69, 9.17) is 10.00 Å². The Balaban J connectivity index is 2.19. The Morgan fingerprint density at radius 2 is 2.29 bits per heavy atom. The molecule has 0 aliphatic rings. The van der Waals surface area contributed by atoms with Gasteiger partial charge in [-0.2, -0.15) is 5.26 Å². The van der Waals surface area contributed by atoms with E-state index in [9.17, 15) is 4.79 Å². The Kier molecular flexibility index (Phi) is 4.55. The number of hydrogen-bond donors (Lipinski definition) is 0. The molecule has 0 amide bonds. The van der Waals surface area contributed by atoms with Crippen molar-refractivity contribution in [2.45, 2.75) is 13.5 Å². The first kappa shape index (κ1) is 15.0. The maximum absolute atomic E-state index is 11.6. The van der Waals surface area contributed by atoms with Crippen LogP contribution in [0.5, 0.6) is 0 Å². The summed E-state index contributed by atoms with van der Waals surface area (Å²) in [6.45, 7) is 2.46. The third-order valence-corrected chi connectivity index (χ3v) is 4.05. The molecule has 0 N–H and O–H groups in total. The number of carbonyl (C=O) groups is 1. The normalized spacial score (nSPS) is 10.0. The van der Waals surface area contributed by atoms with Crippen LogP contribution >= 0.6 is 11.3 Å². The number of carbonyl (C=O) groups excluding carboxylic acids is 1. The summed E-state index contributed by atoms with van der Waals surface area (Å²) in [7, 11) is 3.25. The van der Waals surface area contributed by atoms with Crippen LogP contribution in [0.1, 0.15) is 26.5 Å². The van der Waals surface area contributed by atoms with Gasteiger partial charge in [0.25, 0.3) is 0 Å². The third kappa shape index (κ3) is 3.38. The Morgan fingerprint density at radius 3 is 2.95 bits per heavy atom. The van der Waals surface area contributed by atoms with Crippen molar-refractivity contribution in [3.63, 3.8) is 0 Å². The van der Waals surface area contributed by atoms with Gasteiger partial charge in [0, 0.05) is 18.5 Å². The van der Waals surface area contributed by atoms with E-state index < -0.39 is 5.97 Å². The molecule has 0 unspecified atom stereocenters. The van der Waals surface area contributed by atoms with Crippen molar-refractivity contribution in [3.05, 3.63) is 46.0 Å². The number of thiazole rings is 1. The zero-order valence-corrected chi connectivity index (χ0v) is 12.9. The fourth-order valence-corrected chi connectivity index (χ4v) is 2.77. The van der Waals surface area contributed by atoms with E-state index in [1.165, 1.54) is 18.4 Å². The lowest BCUT2D eigenvalue weighted by Crippen LogP contribution is -2.16. The maximum atomic E-state index is 11.6. The minimum Gasteiger partial charge on any atom is -0.464 e. The van der Waals surface area contributed by atoms with E-state index in [2.05, 4.69) is 11.1 Å². The molecule has 0 spiro atoms. The second-order valence-corrected chi connectivity index (χ2v) is 5.74. The van der Waals surface area contributed by atoms with Crippen LogP contribution in [0.15, 0.2) is 24.3 Å². The zero-order valence-electron chi connectivity index (χ0n) is 12.1. The summed E-state index contributed by atoms with van der Waals surface area (Å²) in [5, 5.41) is 9.66. The minimum absolute atomic E-state index is 0.357. The summed E-state index contributed by atoms with van der Waals surface area (Å²) >= 11 is 1.44. The first-order valence-electron chi connectivity index (χ1n) is 6.31. The fourth-order valence-electron chi connectivity index (χ4n) is 1.91. The molecule has 5 nitrogen and oxygen atoms in total. The van der Waals surface area contributed by atoms with Gasteiger partial charge < -0.3 is 9.64 Å². The van der Waals surface area contributed by atoms with Gasteiger partial charge in [-0.3, -0.25) is 0 Å². The molecule has 1 aromatic carbocycles. The predicted molar refractivity (Wildman–Crippen MR) is 81.5 cm³/mol. The van der Waals surface area contributed by atoms with Crippen LogP contribution in [0, 0.1) is 18.3 Å². The Morgan fingerprint density at radius 1 is 1.52 bits per heavy atom. The molecule has 0 aliphatic carbocycles. The average Bonchev–Trinajstić information content (AvgIpc) is 2.88. The highest BCUT2D eigenvalue weighted by Crippen LogP contribution is 2.26. The average molecular weight is 301 g/mol. The number of nitrogens with zero attached hydrogens (tertiary/aromatic N) is 3. The van der Waals surface area contributed by atoms with Gasteiger partial charge in [0.15, 0.2) is 10.8 Å². The molecule has 2 aromatic rings. The Hall–Kier alpha value is -2.39. The van der Waals surface area contributed by atoms with Crippen LogP contribution in [0.4, 0.5) is 5.13 Å². The van der Waals surface area contributed by atoms with Gasteiger partial charge in [-0.05, 0) is 24.6 Å². The molecule has 0 saturated carbocycles.